The van der Waals surface area contributed by atoms with Gasteiger partial charge in [0.25, 0.3) is 0 Å². The molecule has 1 aliphatic heterocycles. The summed E-state index contributed by atoms with van der Waals surface area (Å²) in [5, 5.41) is 3.12. The molecule has 3 rings (SSSR count). The SMILES string of the molecule is CC(C(=O)NC1CN(c2ccncn2)C1)c1ccc(N(C)C)cc1. The molecular weight excluding hydrogens is 302 g/mol. The first-order chi connectivity index (χ1) is 11.5. The lowest BCUT2D eigenvalue weighted by molar-refractivity contribution is -0.123. The molecule has 1 amide bonds. The first-order valence-electron chi connectivity index (χ1n) is 8.13. The number of benzene rings is 1. The Morgan fingerprint density at radius 2 is 1.96 bits per heavy atom. The van der Waals surface area contributed by atoms with Gasteiger partial charge in [0.1, 0.15) is 12.1 Å². The molecule has 6 heteroatoms. The first-order valence-corrected chi connectivity index (χ1v) is 8.13. The minimum absolute atomic E-state index is 0.0694. The molecule has 24 heavy (non-hydrogen) atoms. The van der Waals surface area contributed by atoms with Gasteiger partial charge in [-0.15, -0.1) is 0 Å². The van der Waals surface area contributed by atoms with Crippen molar-refractivity contribution in [3.05, 3.63) is 48.4 Å². The molecule has 6 nitrogen and oxygen atoms in total. The van der Waals surface area contributed by atoms with Crippen molar-refractivity contribution in [1.29, 1.82) is 0 Å². The Kier molecular flexibility index (Phi) is 4.64. The summed E-state index contributed by atoms with van der Waals surface area (Å²) in [5.74, 6) is 0.817. The second-order valence-electron chi connectivity index (χ2n) is 6.39. The van der Waals surface area contributed by atoms with E-state index in [9.17, 15) is 4.79 Å². The lowest BCUT2D eigenvalue weighted by Gasteiger charge is -2.40. The fourth-order valence-corrected chi connectivity index (χ4v) is 2.77. The van der Waals surface area contributed by atoms with Gasteiger partial charge < -0.3 is 15.1 Å². The van der Waals surface area contributed by atoms with Gasteiger partial charge in [0, 0.05) is 39.1 Å². The number of nitrogens with one attached hydrogen (secondary N) is 1. The van der Waals surface area contributed by atoms with Crippen LogP contribution in [0.2, 0.25) is 0 Å². The number of aromatic nitrogens is 2. The number of rotatable bonds is 5. The van der Waals surface area contributed by atoms with E-state index in [4.69, 9.17) is 0 Å². The van der Waals surface area contributed by atoms with Gasteiger partial charge in [0.15, 0.2) is 0 Å². The van der Waals surface area contributed by atoms with E-state index in [2.05, 4.69) is 20.2 Å². The maximum atomic E-state index is 12.4. The molecule has 2 heterocycles. The molecule has 0 radical (unpaired) electrons. The zero-order valence-electron chi connectivity index (χ0n) is 14.3. The third kappa shape index (κ3) is 3.48. The van der Waals surface area contributed by atoms with E-state index in [1.165, 1.54) is 0 Å². The molecule has 2 aromatic rings. The van der Waals surface area contributed by atoms with Crippen LogP contribution in [0.4, 0.5) is 11.5 Å². The van der Waals surface area contributed by atoms with Gasteiger partial charge in [-0.3, -0.25) is 4.79 Å². The first kappa shape index (κ1) is 16.2. The highest BCUT2D eigenvalue weighted by molar-refractivity contribution is 5.84. The molecular formula is C18H23N5O. The van der Waals surface area contributed by atoms with Gasteiger partial charge in [-0.05, 0) is 30.7 Å². The quantitative estimate of drug-likeness (QED) is 0.906. The largest absolute Gasteiger partial charge is 0.378 e. The van der Waals surface area contributed by atoms with Crippen LogP contribution in [0.5, 0.6) is 0 Å². The second-order valence-corrected chi connectivity index (χ2v) is 6.39. The summed E-state index contributed by atoms with van der Waals surface area (Å²) in [6, 6.07) is 10.2. The lowest BCUT2D eigenvalue weighted by atomic mass is 9.98. The molecule has 1 aliphatic rings. The number of carbonyl (C=O) groups excluding carboxylic acids is 1. The van der Waals surface area contributed by atoms with Gasteiger partial charge >= 0.3 is 0 Å². The van der Waals surface area contributed by atoms with Crippen LogP contribution >= 0.6 is 0 Å². The van der Waals surface area contributed by atoms with E-state index in [0.29, 0.717) is 0 Å². The Morgan fingerprint density at radius 3 is 2.54 bits per heavy atom. The van der Waals surface area contributed by atoms with Gasteiger partial charge in [0.05, 0.1) is 12.0 Å². The minimum atomic E-state index is -0.158. The van der Waals surface area contributed by atoms with Crippen LogP contribution < -0.4 is 15.1 Å². The molecule has 0 spiro atoms. The van der Waals surface area contributed by atoms with E-state index < -0.39 is 0 Å². The van der Waals surface area contributed by atoms with Crippen molar-refractivity contribution in [2.45, 2.75) is 18.9 Å². The molecule has 0 aliphatic carbocycles. The standard InChI is InChI=1S/C18H23N5O/c1-13(14-4-6-16(7-5-14)22(2)3)18(24)21-15-10-23(11-15)17-8-9-19-12-20-17/h4-9,12-13,15H,10-11H2,1-3H3,(H,21,24). The molecule has 1 atom stereocenters. The smallest absolute Gasteiger partial charge is 0.227 e. The van der Waals surface area contributed by atoms with Crippen molar-refractivity contribution in [3.8, 4) is 0 Å². The van der Waals surface area contributed by atoms with Crippen molar-refractivity contribution in [2.24, 2.45) is 0 Å². The van der Waals surface area contributed by atoms with E-state index in [0.717, 1.165) is 30.2 Å². The molecule has 1 aromatic carbocycles. The van der Waals surface area contributed by atoms with Gasteiger partial charge in [-0.1, -0.05) is 12.1 Å². The second kappa shape index (κ2) is 6.86. The number of hydrogen-bond donors (Lipinski definition) is 1. The van der Waals surface area contributed by atoms with E-state index >= 15 is 0 Å². The summed E-state index contributed by atoms with van der Waals surface area (Å²) >= 11 is 0. The minimum Gasteiger partial charge on any atom is -0.378 e. The highest BCUT2D eigenvalue weighted by Crippen LogP contribution is 2.21. The van der Waals surface area contributed by atoms with E-state index in [-0.39, 0.29) is 17.9 Å². The molecule has 1 N–H and O–H groups in total. The number of anilines is 2. The highest BCUT2D eigenvalue weighted by Gasteiger charge is 2.30. The number of carbonyl (C=O) groups is 1. The Balaban J connectivity index is 1.52. The summed E-state index contributed by atoms with van der Waals surface area (Å²) in [6.45, 7) is 3.52. The van der Waals surface area contributed by atoms with E-state index in [1.54, 1.807) is 12.5 Å². The predicted octanol–water partition coefficient (Wildman–Crippen LogP) is 1.65. The van der Waals surface area contributed by atoms with Crippen LogP contribution in [0.3, 0.4) is 0 Å². The number of nitrogens with zero attached hydrogens (tertiary/aromatic N) is 4. The van der Waals surface area contributed by atoms with Crippen molar-refractivity contribution >= 4 is 17.4 Å². The fourth-order valence-electron chi connectivity index (χ4n) is 2.77. The van der Waals surface area contributed by atoms with Crippen LogP contribution in [0.15, 0.2) is 42.9 Å². The molecule has 1 fully saturated rings. The Labute approximate surface area is 142 Å². The van der Waals surface area contributed by atoms with Crippen molar-refractivity contribution in [3.63, 3.8) is 0 Å². The van der Waals surface area contributed by atoms with Crippen molar-refractivity contribution in [2.75, 3.05) is 37.0 Å². The molecule has 0 saturated carbocycles. The van der Waals surface area contributed by atoms with Crippen LogP contribution in [0.25, 0.3) is 0 Å². The number of amides is 1. The maximum Gasteiger partial charge on any atom is 0.227 e. The van der Waals surface area contributed by atoms with Gasteiger partial charge in [0.2, 0.25) is 5.91 Å². The third-order valence-electron chi connectivity index (χ3n) is 4.42. The normalized spacial score (nSPS) is 15.5. The van der Waals surface area contributed by atoms with Crippen LogP contribution in [-0.2, 0) is 4.79 Å². The molecule has 1 unspecified atom stereocenters. The number of hydrogen-bond acceptors (Lipinski definition) is 5. The third-order valence-corrected chi connectivity index (χ3v) is 4.42. The monoisotopic (exact) mass is 325 g/mol. The summed E-state index contributed by atoms with van der Waals surface area (Å²) in [7, 11) is 4.01. The zero-order chi connectivity index (χ0) is 17.1. The fraction of sp³-hybridized carbons (Fsp3) is 0.389. The summed E-state index contributed by atoms with van der Waals surface area (Å²) in [5.41, 5.74) is 2.16. The van der Waals surface area contributed by atoms with Crippen LogP contribution in [0.1, 0.15) is 18.4 Å². The lowest BCUT2D eigenvalue weighted by Crippen LogP contribution is -2.60. The average Bonchev–Trinajstić information content (AvgIpc) is 2.57. The van der Waals surface area contributed by atoms with Crippen molar-refractivity contribution in [1.82, 2.24) is 15.3 Å². The van der Waals surface area contributed by atoms with Crippen LogP contribution in [-0.4, -0.2) is 49.1 Å². The Hall–Kier alpha value is -2.63. The van der Waals surface area contributed by atoms with Gasteiger partial charge in [-0.25, -0.2) is 9.97 Å². The summed E-state index contributed by atoms with van der Waals surface area (Å²) < 4.78 is 0. The topological polar surface area (TPSA) is 61.4 Å². The van der Waals surface area contributed by atoms with E-state index in [1.807, 2.05) is 56.3 Å². The summed E-state index contributed by atoms with van der Waals surface area (Å²) in [6.07, 6.45) is 3.27. The predicted molar refractivity (Wildman–Crippen MR) is 95.4 cm³/mol. The molecule has 1 aromatic heterocycles. The zero-order valence-corrected chi connectivity index (χ0v) is 14.3. The molecule has 126 valence electrons. The Morgan fingerprint density at radius 1 is 1.25 bits per heavy atom. The molecule has 0 bridgehead atoms. The average molecular weight is 325 g/mol. The Bertz CT molecular complexity index is 680. The molecule has 1 saturated heterocycles. The van der Waals surface area contributed by atoms with Crippen LogP contribution in [0, 0.1) is 0 Å². The van der Waals surface area contributed by atoms with Crippen molar-refractivity contribution < 1.29 is 4.79 Å². The highest BCUT2D eigenvalue weighted by atomic mass is 16.2. The summed E-state index contributed by atoms with van der Waals surface area (Å²) in [4.78, 5) is 24.8. The van der Waals surface area contributed by atoms with Gasteiger partial charge in [-0.2, -0.15) is 0 Å². The maximum absolute atomic E-state index is 12.4.